The Morgan fingerprint density at radius 3 is 1.91 bits per heavy atom. The number of alkyl halides is 4. The Labute approximate surface area is 267 Å². The first-order chi connectivity index (χ1) is 20.3. The van der Waals surface area contributed by atoms with Crippen LogP contribution in [0.25, 0.3) is 0 Å². The van der Waals surface area contributed by atoms with Gasteiger partial charge in [-0.05, 0) is 45.4 Å². The number of benzene rings is 1. The Kier molecular flexibility index (Phi) is 23.7. The third kappa shape index (κ3) is 23.4. The maximum Gasteiger partial charge on any atom is 0.409 e. The van der Waals surface area contributed by atoms with Crippen molar-refractivity contribution in [2.45, 2.75) is 135 Å². The van der Waals surface area contributed by atoms with Crippen molar-refractivity contribution in [3.05, 3.63) is 58.2 Å². The van der Waals surface area contributed by atoms with Gasteiger partial charge in [0.05, 0.1) is 7.11 Å². The van der Waals surface area contributed by atoms with Crippen molar-refractivity contribution in [1.29, 1.82) is 0 Å². The largest absolute Gasteiger partial charge is 0.469 e. The van der Waals surface area contributed by atoms with E-state index in [2.05, 4.69) is 54.4 Å². The number of fused-ring (bicyclic) bond motifs is 1. The Balaban J connectivity index is 0.000000630. The van der Waals surface area contributed by atoms with E-state index >= 15 is 0 Å². The summed E-state index contributed by atoms with van der Waals surface area (Å²) in [4.78, 5) is 23.6. The van der Waals surface area contributed by atoms with Crippen LogP contribution in [0.1, 0.15) is 129 Å². The predicted octanol–water partition coefficient (Wildman–Crippen LogP) is 11.5. The molecular weight excluding hydrogens is 668 g/mol. The molecule has 0 spiro atoms. The van der Waals surface area contributed by atoms with Gasteiger partial charge in [0.2, 0.25) is 0 Å². The first-order valence-electron chi connectivity index (χ1n) is 15.6. The number of allylic oxidation sites excluding steroid dienone is 3. The second-order valence-electron chi connectivity index (χ2n) is 11.3. The molecule has 8 heteroatoms. The molecule has 1 aromatic carbocycles. The molecule has 43 heavy (non-hydrogen) atoms. The number of hydrogen-bond acceptors (Lipinski definition) is 4. The van der Waals surface area contributed by atoms with E-state index in [0.29, 0.717) is 24.7 Å². The van der Waals surface area contributed by atoms with Gasteiger partial charge in [-0.3, -0.25) is 4.79 Å². The third-order valence-electron chi connectivity index (χ3n) is 6.84. The van der Waals surface area contributed by atoms with Gasteiger partial charge in [0.15, 0.2) is 0 Å². The fourth-order valence-corrected chi connectivity index (χ4v) is 8.97. The Morgan fingerprint density at radius 1 is 0.884 bits per heavy atom. The molecule has 0 amide bonds. The number of Topliss-reactive ketones (excluding diaryl/α,β-unsaturated/α-hetero) is 1. The zero-order valence-corrected chi connectivity index (χ0v) is 29.4. The fourth-order valence-electron chi connectivity index (χ4n) is 4.48. The minimum absolute atomic E-state index is 0.0316. The summed E-state index contributed by atoms with van der Waals surface area (Å²) < 4.78 is 47.2. The first kappa shape index (κ1) is 41.3. The molecule has 1 aliphatic rings. The molecular formula is C35H56F3IO4. The Morgan fingerprint density at radius 2 is 1.40 bits per heavy atom. The van der Waals surface area contributed by atoms with E-state index in [4.69, 9.17) is 3.07 Å². The molecule has 0 aromatic heterocycles. The molecule has 0 saturated heterocycles. The summed E-state index contributed by atoms with van der Waals surface area (Å²) in [6.45, 7) is 9.68. The van der Waals surface area contributed by atoms with Crippen LogP contribution in [0.15, 0.2) is 49.1 Å². The smallest absolute Gasteiger partial charge is 0.409 e. The number of rotatable bonds is 18. The number of carbonyl (C=O) groups excluding carboxylic acids is 2. The number of unbranched alkanes of at least 4 members (excludes halogenated alkanes) is 12. The van der Waals surface area contributed by atoms with Gasteiger partial charge in [0.1, 0.15) is 5.78 Å². The van der Waals surface area contributed by atoms with Gasteiger partial charge in [-0.15, -0.1) is 6.58 Å². The van der Waals surface area contributed by atoms with Gasteiger partial charge in [-0.25, -0.2) is 0 Å². The van der Waals surface area contributed by atoms with E-state index in [9.17, 15) is 22.8 Å². The van der Waals surface area contributed by atoms with Gasteiger partial charge in [0, 0.05) is 18.9 Å². The third-order valence-corrected chi connectivity index (χ3v) is 11.2. The number of ether oxygens (including phenoxy) is 1. The zero-order chi connectivity index (χ0) is 32.6. The van der Waals surface area contributed by atoms with Crippen molar-refractivity contribution >= 4 is 32.0 Å². The van der Waals surface area contributed by atoms with E-state index in [1.807, 2.05) is 6.08 Å². The summed E-state index contributed by atoms with van der Waals surface area (Å²) in [5, 5.41) is 0. The van der Waals surface area contributed by atoms with Crippen molar-refractivity contribution in [3.8, 4) is 0 Å². The van der Waals surface area contributed by atoms with Crippen LogP contribution in [0.4, 0.5) is 13.2 Å². The molecule has 0 fully saturated rings. The topological polar surface area (TPSA) is 52.6 Å². The minimum Gasteiger partial charge on any atom is -0.469 e. The number of carbonyl (C=O) groups is 2. The molecule has 0 radical (unpaired) electrons. The predicted molar refractivity (Wildman–Crippen MR) is 181 cm³/mol. The average Bonchev–Trinajstić information content (AvgIpc) is 3.19. The van der Waals surface area contributed by atoms with Crippen LogP contribution in [0, 0.1) is 3.57 Å². The number of ketones is 1. The number of esters is 1. The molecule has 2 rings (SSSR count). The van der Waals surface area contributed by atoms with Crippen LogP contribution >= 0.6 is 20.2 Å². The minimum atomic E-state index is -4.19. The van der Waals surface area contributed by atoms with Crippen molar-refractivity contribution in [3.63, 3.8) is 0 Å². The number of halogens is 4. The SMILES string of the molecule is C=CCCCCCCCCC(C)=O.CI1OC(C)(C)c2ccccc21.COC(=O)CCCCCCCC/C=C/C(F)(F)F. The zero-order valence-electron chi connectivity index (χ0n) is 27.2. The van der Waals surface area contributed by atoms with Crippen molar-refractivity contribution in [2.75, 3.05) is 12.0 Å². The second kappa shape index (κ2) is 24.6. The first-order valence-corrected chi connectivity index (χ1v) is 19.8. The molecule has 1 aliphatic heterocycles. The molecule has 1 heterocycles. The maximum atomic E-state index is 11.7. The maximum absolute atomic E-state index is 11.7. The molecule has 248 valence electrons. The van der Waals surface area contributed by atoms with E-state index < -0.39 is 26.4 Å². The normalized spacial score (nSPS) is 14.3. The second-order valence-corrected chi connectivity index (χ2v) is 15.3. The van der Waals surface area contributed by atoms with Crippen LogP contribution < -0.4 is 0 Å². The Bertz CT molecular complexity index is 928. The quantitative estimate of drug-likeness (QED) is 0.0497. The number of methoxy groups -OCH3 is 1. The van der Waals surface area contributed by atoms with Gasteiger partial charge in [-0.1, -0.05) is 63.5 Å². The van der Waals surface area contributed by atoms with Crippen molar-refractivity contribution in [1.82, 2.24) is 0 Å². The van der Waals surface area contributed by atoms with E-state index in [1.54, 1.807) is 6.92 Å². The summed E-state index contributed by atoms with van der Waals surface area (Å²) in [5.41, 5.74) is 1.37. The van der Waals surface area contributed by atoms with Crippen LogP contribution in [0.5, 0.6) is 0 Å². The van der Waals surface area contributed by atoms with Gasteiger partial charge in [-0.2, -0.15) is 13.2 Å². The van der Waals surface area contributed by atoms with Crippen LogP contribution in [-0.2, 0) is 23.0 Å². The summed E-state index contributed by atoms with van der Waals surface area (Å²) in [5.74, 6) is 0.138. The molecule has 0 N–H and O–H groups in total. The molecule has 4 nitrogen and oxygen atoms in total. The number of hydrogen-bond donors (Lipinski definition) is 0. The fraction of sp³-hybridized carbons (Fsp3) is 0.657. The van der Waals surface area contributed by atoms with E-state index in [0.717, 1.165) is 57.8 Å². The van der Waals surface area contributed by atoms with Crippen molar-refractivity contribution in [2.24, 2.45) is 0 Å². The Hall–Kier alpha value is -1.68. The van der Waals surface area contributed by atoms with Crippen molar-refractivity contribution < 1.29 is 30.6 Å². The molecule has 0 unspecified atom stereocenters. The van der Waals surface area contributed by atoms with Crippen LogP contribution in [-0.4, -0.2) is 30.0 Å². The van der Waals surface area contributed by atoms with Gasteiger partial charge in [0.25, 0.3) is 0 Å². The van der Waals surface area contributed by atoms with E-state index in [-0.39, 0.29) is 11.6 Å². The van der Waals surface area contributed by atoms with Crippen LogP contribution in [0.2, 0.25) is 0 Å². The summed E-state index contributed by atoms with van der Waals surface area (Å²) in [7, 11) is 1.37. The summed E-state index contributed by atoms with van der Waals surface area (Å²) >= 11 is -1.24. The molecule has 0 atom stereocenters. The molecule has 0 bridgehead atoms. The molecule has 1 aromatic rings. The van der Waals surface area contributed by atoms with Gasteiger partial charge < -0.3 is 9.53 Å². The standard InChI is InChI=1S/C13H21F3O2.C12H22O.C10H13IO/c1-18-12(17)10-8-6-4-2-3-5-7-9-11-13(14,15)16;1-3-4-5-6-7-8-9-10-11-12(2)13;1-10(2)8-6-4-5-7-9(8)11(3)12-10/h9,11H,2-8,10H2,1H3;3H,1,4-11H2,2H3;4-7H,1-3H3/b11-9+;;. The molecule has 0 saturated carbocycles. The summed E-state index contributed by atoms with van der Waals surface area (Å²) in [6, 6.07) is 8.61. The molecule has 0 aliphatic carbocycles. The average molecular weight is 725 g/mol. The van der Waals surface area contributed by atoms with Gasteiger partial charge >= 0.3 is 93.2 Å². The monoisotopic (exact) mass is 724 g/mol. The summed E-state index contributed by atoms with van der Waals surface area (Å²) in [6.07, 6.45) is 15.1. The van der Waals surface area contributed by atoms with Crippen LogP contribution in [0.3, 0.4) is 0 Å². The van der Waals surface area contributed by atoms with E-state index in [1.165, 1.54) is 54.4 Å².